The monoisotopic (exact) mass is 467 g/mol. The Balaban J connectivity index is 1.50. The van der Waals surface area contributed by atoms with E-state index in [-0.39, 0.29) is 11.8 Å². The van der Waals surface area contributed by atoms with Gasteiger partial charge in [0.2, 0.25) is 5.91 Å². The number of nitrogens with one attached hydrogen (secondary N) is 2. The molecule has 0 aliphatic heterocycles. The molecule has 2 aromatic carbocycles. The molecular weight excluding hydrogens is 438 g/mol. The highest BCUT2D eigenvalue weighted by atomic mass is 16.5. The van der Waals surface area contributed by atoms with Crippen LogP contribution in [-0.2, 0) is 4.79 Å². The molecule has 178 valence electrons. The Labute approximate surface area is 205 Å². The van der Waals surface area contributed by atoms with E-state index in [1.54, 1.807) is 12.5 Å². The Kier molecular flexibility index (Phi) is 7.35. The van der Waals surface area contributed by atoms with Gasteiger partial charge in [0.05, 0.1) is 11.7 Å². The van der Waals surface area contributed by atoms with Crippen molar-refractivity contribution in [1.82, 2.24) is 20.3 Å². The third-order valence-corrected chi connectivity index (χ3v) is 5.44. The molecule has 2 heterocycles. The molecule has 2 N–H and O–H groups in total. The van der Waals surface area contributed by atoms with Crippen molar-refractivity contribution >= 4 is 34.4 Å². The molecule has 7 heteroatoms. The number of rotatable bonds is 8. The normalized spacial score (nSPS) is 11.2. The lowest BCUT2D eigenvalue weighted by molar-refractivity contribution is -0.123. The number of benzene rings is 2. The first kappa shape index (κ1) is 23.9. The van der Waals surface area contributed by atoms with Crippen LogP contribution in [0.1, 0.15) is 30.7 Å². The minimum atomic E-state index is -0.0290. The minimum Gasteiger partial charge on any atom is -0.455 e. The van der Waals surface area contributed by atoms with Crippen molar-refractivity contribution in [1.29, 1.82) is 0 Å². The smallest absolute Gasteiger partial charge is 0.222 e. The predicted molar refractivity (Wildman–Crippen MR) is 140 cm³/mol. The molecule has 0 fully saturated rings. The quantitative estimate of drug-likeness (QED) is 0.332. The van der Waals surface area contributed by atoms with Gasteiger partial charge >= 0.3 is 0 Å². The molecule has 0 saturated carbocycles. The number of nitrogens with zero attached hydrogens (tertiary/aromatic N) is 3. The summed E-state index contributed by atoms with van der Waals surface area (Å²) in [4.78, 5) is 24.9. The molecule has 0 spiro atoms. The largest absolute Gasteiger partial charge is 0.455 e. The Bertz CT molecular complexity index is 1360. The lowest BCUT2D eigenvalue weighted by atomic mass is 10.1. The molecule has 4 aromatic rings. The van der Waals surface area contributed by atoms with Crippen LogP contribution in [0.2, 0.25) is 0 Å². The maximum atomic E-state index is 11.7. The van der Waals surface area contributed by atoms with E-state index in [0.717, 1.165) is 39.2 Å². The molecule has 0 aliphatic rings. The van der Waals surface area contributed by atoms with Crippen LogP contribution in [0.5, 0.6) is 11.5 Å². The third kappa shape index (κ3) is 6.20. The number of aromatic nitrogens is 3. The summed E-state index contributed by atoms with van der Waals surface area (Å²) in [6.07, 6.45) is 7.19. The van der Waals surface area contributed by atoms with Gasteiger partial charge < -0.3 is 15.4 Å². The minimum absolute atomic E-state index is 0.0290. The van der Waals surface area contributed by atoms with E-state index in [1.165, 1.54) is 0 Å². The Morgan fingerprint density at radius 2 is 1.89 bits per heavy atom. The van der Waals surface area contributed by atoms with Crippen LogP contribution >= 0.6 is 0 Å². The van der Waals surface area contributed by atoms with Crippen molar-refractivity contribution in [2.75, 3.05) is 11.9 Å². The van der Waals surface area contributed by atoms with E-state index in [1.807, 2.05) is 88.4 Å². The highest BCUT2D eigenvalue weighted by molar-refractivity contribution is 5.92. The Morgan fingerprint density at radius 1 is 1.03 bits per heavy atom. The molecule has 0 unspecified atom stereocenters. The van der Waals surface area contributed by atoms with Crippen LogP contribution in [0.15, 0.2) is 67.1 Å². The van der Waals surface area contributed by atoms with Crippen molar-refractivity contribution in [3.8, 4) is 11.5 Å². The van der Waals surface area contributed by atoms with Crippen LogP contribution in [-0.4, -0.2) is 27.4 Å². The van der Waals surface area contributed by atoms with Gasteiger partial charge in [-0.05, 0) is 67.4 Å². The number of hydrogen-bond acceptors (Lipinski definition) is 6. The lowest BCUT2D eigenvalue weighted by Crippen LogP contribution is -2.27. The summed E-state index contributed by atoms with van der Waals surface area (Å²) in [5, 5.41) is 7.20. The summed E-state index contributed by atoms with van der Waals surface area (Å²) < 4.78 is 5.98. The van der Waals surface area contributed by atoms with Gasteiger partial charge in [-0.3, -0.25) is 9.78 Å². The van der Waals surface area contributed by atoms with Gasteiger partial charge in [0.25, 0.3) is 0 Å². The number of carbonyl (C=O) groups is 1. The van der Waals surface area contributed by atoms with Gasteiger partial charge in [-0.1, -0.05) is 32.1 Å². The van der Waals surface area contributed by atoms with Gasteiger partial charge in [0.15, 0.2) is 0 Å². The number of aryl methyl sites for hydroxylation is 2. The average molecular weight is 468 g/mol. The number of fused-ring (bicyclic) bond motifs is 1. The molecule has 7 nitrogen and oxygen atoms in total. The van der Waals surface area contributed by atoms with Crippen LogP contribution in [0, 0.1) is 19.8 Å². The number of anilines is 2. The van der Waals surface area contributed by atoms with Crippen LogP contribution in [0.4, 0.5) is 11.5 Å². The zero-order valence-corrected chi connectivity index (χ0v) is 20.4. The van der Waals surface area contributed by atoms with E-state index in [2.05, 4.69) is 25.6 Å². The van der Waals surface area contributed by atoms with Gasteiger partial charge in [0, 0.05) is 29.2 Å². The van der Waals surface area contributed by atoms with Crippen LogP contribution in [0.25, 0.3) is 17.0 Å². The summed E-state index contributed by atoms with van der Waals surface area (Å²) in [5.74, 6) is 2.19. The van der Waals surface area contributed by atoms with Crippen molar-refractivity contribution < 1.29 is 9.53 Å². The summed E-state index contributed by atoms with van der Waals surface area (Å²) in [6, 6.07) is 15.7. The molecule has 0 atom stereocenters. The molecule has 35 heavy (non-hydrogen) atoms. The number of amides is 1. The SMILES string of the molecule is Cc1ccc(Oc2ccc(Nc3ncnc4ccc(C=CCNC(=O)C(C)C)cc34)cc2C)cn1. The number of hydrogen-bond donors (Lipinski definition) is 2. The number of ether oxygens (including phenoxy) is 1. The Hall–Kier alpha value is -4.26. The molecule has 0 bridgehead atoms. The highest BCUT2D eigenvalue weighted by Crippen LogP contribution is 2.30. The third-order valence-electron chi connectivity index (χ3n) is 5.44. The van der Waals surface area contributed by atoms with Gasteiger partial charge in [-0.15, -0.1) is 0 Å². The van der Waals surface area contributed by atoms with Gasteiger partial charge in [0.1, 0.15) is 23.6 Å². The van der Waals surface area contributed by atoms with E-state index in [9.17, 15) is 4.79 Å². The highest BCUT2D eigenvalue weighted by Gasteiger charge is 2.08. The van der Waals surface area contributed by atoms with Crippen molar-refractivity contribution in [3.05, 3.63) is 84.0 Å². The molecule has 4 rings (SSSR count). The van der Waals surface area contributed by atoms with Crippen molar-refractivity contribution in [3.63, 3.8) is 0 Å². The number of carbonyl (C=O) groups excluding carboxylic acids is 1. The van der Waals surface area contributed by atoms with E-state index >= 15 is 0 Å². The first-order valence-electron chi connectivity index (χ1n) is 11.6. The predicted octanol–water partition coefficient (Wildman–Crippen LogP) is 5.96. The number of pyridine rings is 1. The molecule has 1 amide bonds. The summed E-state index contributed by atoms with van der Waals surface area (Å²) >= 11 is 0. The van der Waals surface area contributed by atoms with Crippen molar-refractivity contribution in [2.45, 2.75) is 27.7 Å². The van der Waals surface area contributed by atoms with E-state index in [0.29, 0.717) is 18.1 Å². The maximum absolute atomic E-state index is 11.7. The fourth-order valence-corrected chi connectivity index (χ4v) is 3.46. The molecule has 0 aliphatic carbocycles. The zero-order chi connectivity index (χ0) is 24.8. The molecular formula is C28H29N5O2. The van der Waals surface area contributed by atoms with Crippen molar-refractivity contribution in [2.24, 2.45) is 5.92 Å². The Morgan fingerprint density at radius 3 is 2.63 bits per heavy atom. The summed E-state index contributed by atoms with van der Waals surface area (Å²) in [5.41, 5.74) is 4.68. The van der Waals surface area contributed by atoms with E-state index in [4.69, 9.17) is 4.74 Å². The molecule has 2 aromatic heterocycles. The fraction of sp³-hybridized carbons (Fsp3) is 0.214. The maximum Gasteiger partial charge on any atom is 0.222 e. The second-order valence-electron chi connectivity index (χ2n) is 8.64. The van der Waals surface area contributed by atoms with Gasteiger partial charge in [-0.25, -0.2) is 9.97 Å². The van der Waals surface area contributed by atoms with Crippen LogP contribution < -0.4 is 15.4 Å². The average Bonchev–Trinajstić information content (AvgIpc) is 2.85. The van der Waals surface area contributed by atoms with Crippen LogP contribution in [0.3, 0.4) is 0 Å². The topological polar surface area (TPSA) is 89.0 Å². The molecule has 0 saturated heterocycles. The second kappa shape index (κ2) is 10.8. The zero-order valence-electron chi connectivity index (χ0n) is 20.4. The van der Waals surface area contributed by atoms with Gasteiger partial charge in [-0.2, -0.15) is 0 Å². The lowest BCUT2D eigenvalue weighted by Gasteiger charge is -2.12. The molecule has 0 radical (unpaired) electrons. The fourth-order valence-electron chi connectivity index (χ4n) is 3.46. The first-order valence-corrected chi connectivity index (χ1v) is 11.6. The summed E-state index contributed by atoms with van der Waals surface area (Å²) in [7, 11) is 0. The first-order chi connectivity index (χ1) is 16.9. The van der Waals surface area contributed by atoms with E-state index < -0.39 is 0 Å². The second-order valence-corrected chi connectivity index (χ2v) is 8.64. The summed E-state index contributed by atoms with van der Waals surface area (Å²) in [6.45, 7) is 8.18. The standard InChI is InChI=1S/C28H29N5O2/c1-18(2)28(34)29-13-5-6-21-8-11-25-24(15-21)27(32-17-31-25)33-22-9-12-26(19(3)14-22)35-23-10-7-20(4)30-16-23/h5-12,14-18H,13H2,1-4H3,(H,29,34)(H,31,32,33).